The summed E-state index contributed by atoms with van der Waals surface area (Å²) < 4.78 is 21.5. The summed E-state index contributed by atoms with van der Waals surface area (Å²) >= 11 is 4.92. The van der Waals surface area contributed by atoms with Crippen LogP contribution in [-0.2, 0) is 4.74 Å². The molecule has 0 saturated carbocycles. The average Bonchev–Trinajstić information content (AvgIpc) is 3.43. The molecule has 1 aliphatic heterocycles. The number of fused-ring (bicyclic) bond motifs is 1. The summed E-state index contributed by atoms with van der Waals surface area (Å²) in [6, 6.07) is 16.1. The molecule has 0 bridgehead atoms. The molecule has 3 atom stereocenters. The topological polar surface area (TPSA) is 71.3 Å². The monoisotopic (exact) mass is 540 g/mol. The van der Waals surface area contributed by atoms with Gasteiger partial charge in [0.25, 0.3) is 0 Å². The predicted molar refractivity (Wildman–Crippen MR) is 136 cm³/mol. The highest BCUT2D eigenvalue weighted by Gasteiger charge is 2.39. The average molecular weight is 541 g/mol. The highest BCUT2D eigenvalue weighted by molar-refractivity contribution is 9.10. The molecule has 34 heavy (non-hydrogen) atoms. The number of imidazole rings is 1. The standard InChI is InChI=1S/C25H25BrN4O3S/c1-15-4-8-17(9-5-15)31-13-20-19(32-18-10-6-16(2)7-11-18)12-21(33-20)30-14-27-23-22(30)24(34-3)29-25(26)28-23/h4-11,14,19-21H,12-13H2,1-3H3/t19-,20+,21+/m1/s1. The quantitative estimate of drug-likeness (QED) is 0.168. The van der Waals surface area contributed by atoms with Crippen molar-refractivity contribution in [3.8, 4) is 11.5 Å². The van der Waals surface area contributed by atoms with Gasteiger partial charge in [0.05, 0.1) is 6.33 Å². The third-order valence-corrected chi connectivity index (χ3v) is 6.82. The fraction of sp³-hybridized carbons (Fsp3) is 0.320. The SMILES string of the molecule is CSc1nc(Br)nc2ncn([C@@H]3C[C@@H](Oc4ccc(C)cc4)[C@H](COc4ccc(C)cc4)O3)c12. The van der Waals surface area contributed by atoms with E-state index in [0.717, 1.165) is 22.0 Å². The Balaban J connectivity index is 1.41. The lowest BCUT2D eigenvalue weighted by Crippen LogP contribution is -2.32. The van der Waals surface area contributed by atoms with Gasteiger partial charge in [0.2, 0.25) is 0 Å². The van der Waals surface area contributed by atoms with Gasteiger partial charge in [0.15, 0.2) is 10.4 Å². The Bertz CT molecular complexity index is 1280. The first-order chi connectivity index (χ1) is 16.5. The van der Waals surface area contributed by atoms with Gasteiger partial charge in [-0.2, -0.15) is 0 Å². The van der Waals surface area contributed by atoms with Gasteiger partial charge in [-0.1, -0.05) is 35.4 Å². The Hall–Kier alpha value is -2.62. The lowest BCUT2D eigenvalue weighted by Gasteiger charge is -2.20. The predicted octanol–water partition coefficient (Wildman–Crippen LogP) is 5.74. The number of aryl methyl sites for hydroxylation is 2. The minimum Gasteiger partial charge on any atom is -0.491 e. The number of benzene rings is 2. The highest BCUT2D eigenvalue weighted by atomic mass is 79.9. The molecular formula is C25H25BrN4O3S. The number of thioether (sulfide) groups is 1. The first-order valence-corrected chi connectivity index (χ1v) is 13.0. The van der Waals surface area contributed by atoms with Gasteiger partial charge in [0, 0.05) is 6.42 Å². The highest BCUT2D eigenvalue weighted by Crippen LogP contribution is 2.36. The van der Waals surface area contributed by atoms with Crippen molar-refractivity contribution in [2.45, 2.75) is 43.7 Å². The van der Waals surface area contributed by atoms with Crippen LogP contribution in [-0.4, -0.2) is 44.6 Å². The first-order valence-electron chi connectivity index (χ1n) is 11.0. The summed E-state index contributed by atoms with van der Waals surface area (Å²) in [6.45, 7) is 4.49. The van der Waals surface area contributed by atoms with Crippen LogP contribution in [0.5, 0.6) is 11.5 Å². The Morgan fingerprint density at radius 3 is 2.38 bits per heavy atom. The van der Waals surface area contributed by atoms with E-state index in [9.17, 15) is 0 Å². The maximum Gasteiger partial charge on any atom is 0.199 e. The lowest BCUT2D eigenvalue weighted by molar-refractivity contribution is -0.0341. The summed E-state index contributed by atoms with van der Waals surface area (Å²) in [6.07, 6.45) is 3.67. The molecular weight excluding hydrogens is 516 g/mol. The van der Waals surface area contributed by atoms with Crippen molar-refractivity contribution in [2.24, 2.45) is 0 Å². The van der Waals surface area contributed by atoms with Crippen LogP contribution in [0.4, 0.5) is 0 Å². The summed E-state index contributed by atoms with van der Waals surface area (Å²) in [4.78, 5) is 13.4. The van der Waals surface area contributed by atoms with E-state index in [4.69, 9.17) is 14.2 Å². The van der Waals surface area contributed by atoms with Gasteiger partial charge in [-0.25, -0.2) is 15.0 Å². The fourth-order valence-electron chi connectivity index (χ4n) is 4.00. The number of nitrogens with zero attached hydrogens (tertiary/aromatic N) is 4. The Labute approximate surface area is 211 Å². The van der Waals surface area contributed by atoms with Crippen LogP contribution in [0.3, 0.4) is 0 Å². The second kappa shape index (κ2) is 9.93. The summed E-state index contributed by atoms with van der Waals surface area (Å²) in [7, 11) is 0. The smallest absolute Gasteiger partial charge is 0.199 e. The summed E-state index contributed by atoms with van der Waals surface area (Å²) in [5.74, 6) is 1.62. The van der Waals surface area contributed by atoms with E-state index in [1.165, 1.54) is 11.1 Å². The molecule has 1 fully saturated rings. The number of rotatable bonds is 7. The van der Waals surface area contributed by atoms with E-state index in [1.54, 1.807) is 18.1 Å². The molecule has 0 N–H and O–H groups in total. The van der Waals surface area contributed by atoms with Crippen LogP contribution in [0.25, 0.3) is 11.2 Å². The van der Waals surface area contributed by atoms with E-state index < -0.39 is 0 Å². The van der Waals surface area contributed by atoms with Gasteiger partial charge in [-0.05, 0) is 60.3 Å². The molecule has 0 aliphatic carbocycles. The van der Waals surface area contributed by atoms with E-state index >= 15 is 0 Å². The van der Waals surface area contributed by atoms with Crippen molar-refractivity contribution >= 4 is 38.9 Å². The molecule has 2 aromatic carbocycles. The molecule has 1 aliphatic rings. The largest absolute Gasteiger partial charge is 0.491 e. The summed E-state index contributed by atoms with van der Waals surface area (Å²) in [5.41, 5.74) is 3.86. The van der Waals surface area contributed by atoms with Crippen molar-refractivity contribution in [2.75, 3.05) is 12.9 Å². The van der Waals surface area contributed by atoms with Crippen LogP contribution in [0, 0.1) is 13.8 Å². The third kappa shape index (κ3) is 4.92. The molecule has 5 rings (SSSR count). The van der Waals surface area contributed by atoms with Crippen molar-refractivity contribution in [3.05, 3.63) is 70.7 Å². The van der Waals surface area contributed by atoms with Crippen molar-refractivity contribution in [1.82, 2.24) is 19.5 Å². The van der Waals surface area contributed by atoms with Crippen LogP contribution in [0.1, 0.15) is 23.8 Å². The zero-order valence-corrected chi connectivity index (χ0v) is 21.5. The third-order valence-electron chi connectivity index (χ3n) is 5.80. The normalized spacial score (nSPS) is 20.1. The molecule has 176 valence electrons. The lowest BCUT2D eigenvalue weighted by atomic mass is 10.1. The number of hydrogen-bond donors (Lipinski definition) is 0. The molecule has 3 heterocycles. The molecule has 0 radical (unpaired) electrons. The molecule has 7 nitrogen and oxygen atoms in total. The van der Waals surface area contributed by atoms with Gasteiger partial charge in [-0.3, -0.25) is 4.57 Å². The van der Waals surface area contributed by atoms with Crippen molar-refractivity contribution in [3.63, 3.8) is 0 Å². The summed E-state index contributed by atoms with van der Waals surface area (Å²) in [5, 5.41) is 0.841. The Morgan fingerprint density at radius 1 is 1.03 bits per heavy atom. The second-order valence-corrected chi connectivity index (χ2v) is 9.79. The van der Waals surface area contributed by atoms with Crippen molar-refractivity contribution in [1.29, 1.82) is 0 Å². The molecule has 1 saturated heterocycles. The van der Waals surface area contributed by atoms with Gasteiger partial charge in [-0.15, -0.1) is 11.8 Å². The van der Waals surface area contributed by atoms with Crippen molar-refractivity contribution < 1.29 is 14.2 Å². The van der Waals surface area contributed by atoms with E-state index in [2.05, 4.69) is 44.7 Å². The number of aromatic nitrogens is 4. The number of ether oxygens (including phenoxy) is 3. The van der Waals surface area contributed by atoms with Crippen LogP contribution in [0.2, 0.25) is 0 Å². The molecule has 0 amide bonds. The maximum absolute atomic E-state index is 6.49. The molecule has 2 aromatic heterocycles. The van der Waals surface area contributed by atoms with Crippen LogP contribution < -0.4 is 9.47 Å². The minimum atomic E-state index is -0.275. The second-order valence-electron chi connectivity index (χ2n) is 8.28. The number of hydrogen-bond acceptors (Lipinski definition) is 7. The van der Waals surface area contributed by atoms with Gasteiger partial charge < -0.3 is 14.2 Å². The Morgan fingerprint density at radius 2 is 1.71 bits per heavy atom. The van der Waals surface area contributed by atoms with Gasteiger partial charge >= 0.3 is 0 Å². The van der Waals surface area contributed by atoms with E-state index in [0.29, 0.717) is 23.4 Å². The van der Waals surface area contributed by atoms with E-state index in [-0.39, 0.29) is 18.4 Å². The zero-order valence-electron chi connectivity index (χ0n) is 19.1. The molecule has 0 spiro atoms. The van der Waals surface area contributed by atoms with E-state index in [1.807, 2.05) is 59.4 Å². The first kappa shape index (κ1) is 23.1. The van der Waals surface area contributed by atoms with Crippen LogP contribution >= 0.6 is 27.7 Å². The zero-order chi connectivity index (χ0) is 23.7. The molecule has 9 heteroatoms. The van der Waals surface area contributed by atoms with Gasteiger partial charge in [0.1, 0.15) is 47.1 Å². The molecule has 4 aromatic rings. The van der Waals surface area contributed by atoms with Crippen LogP contribution in [0.15, 0.2) is 64.6 Å². The Kier molecular flexibility index (Phi) is 6.76. The minimum absolute atomic E-state index is 0.190. The number of halogens is 1. The molecule has 0 unspecified atom stereocenters. The fourth-order valence-corrected chi connectivity index (χ4v) is 5.03. The maximum atomic E-state index is 6.49.